The second-order valence-corrected chi connectivity index (χ2v) is 4.76. The fraction of sp³-hybridized carbons (Fsp3) is 0.909. The number of nitrogens with two attached hydrogens (primary N) is 1. The van der Waals surface area contributed by atoms with Gasteiger partial charge in [-0.3, -0.25) is 4.79 Å². The Bertz CT molecular complexity index is 218. The van der Waals surface area contributed by atoms with E-state index >= 15 is 0 Å². The second-order valence-electron chi connectivity index (χ2n) is 4.76. The number of nitrogens with one attached hydrogen (secondary N) is 1. The summed E-state index contributed by atoms with van der Waals surface area (Å²) in [7, 11) is 2.09. The number of rotatable bonds is 3. The maximum atomic E-state index is 11.7. The molecule has 88 valence electrons. The zero-order chi connectivity index (χ0) is 11.4. The standard InChI is InChI=1S/C11H23N3O/c1-8(9(2)12)11(15)13-10-5-4-6-14(3)7-10/h8-10H,4-7,12H2,1-3H3,(H,13,15). The molecule has 0 aromatic carbocycles. The molecule has 0 radical (unpaired) electrons. The van der Waals surface area contributed by atoms with Crippen molar-refractivity contribution >= 4 is 5.91 Å². The molecule has 1 rings (SSSR count). The number of amides is 1. The van der Waals surface area contributed by atoms with Crippen molar-refractivity contribution in [2.24, 2.45) is 11.7 Å². The smallest absolute Gasteiger partial charge is 0.224 e. The number of hydrogen-bond donors (Lipinski definition) is 2. The highest BCUT2D eigenvalue weighted by Gasteiger charge is 2.23. The van der Waals surface area contributed by atoms with E-state index in [1.807, 2.05) is 13.8 Å². The quantitative estimate of drug-likeness (QED) is 0.703. The minimum absolute atomic E-state index is 0.0775. The first-order valence-electron chi connectivity index (χ1n) is 5.75. The van der Waals surface area contributed by atoms with Crippen molar-refractivity contribution in [2.45, 2.75) is 38.8 Å². The summed E-state index contributed by atoms with van der Waals surface area (Å²) in [5.74, 6) is -0.0115. The van der Waals surface area contributed by atoms with Gasteiger partial charge in [0.2, 0.25) is 5.91 Å². The maximum Gasteiger partial charge on any atom is 0.224 e. The molecule has 1 saturated heterocycles. The fourth-order valence-electron chi connectivity index (χ4n) is 1.86. The van der Waals surface area contributed by atoms with Crippen molar-refractivity contribution in [3.63, 3.8) is 0 Å². The van der Waals surface area contributed by atoms with E-state index in [1.165, 1.54) is 0 Å². The van der Waals surface area contributed by atoms with E-state index < -0.39 is 0 Å². The molecule has 0 aromatic rings. The van der Waals surface area contributed by atoms with Crippen molar-refractivity contribution in [3.8, 4) is 0 Å². The van der Waals surface area contributed by atoms with Crippen LogP contribution in [0.3, 0.4) is 0 Å². The van der Waals surface area contributed by atoms with Crippen molar-refractivity contribution in [2.75, 3.05) is 20.1 Å². The topological polar surface area (TPSA) is 58.4 Å². The van der Waals surface area contributed by atoms with Crippen LogP contribution < -0.4 is 11.1 Å². The summed E-state index contributed by atoms with van der Waals surface area (Å²) in [4.78, 5) is 14.0. The summed E-state index contributed by atoms with van der Waals surface area (Å²) in [6.07, 6.45) is 2.25. The van der Waals surface area contributed by atoms with Crippen LogP contribution in [0, 0.1) is 5.92 Å². The molecule has 1 amide bonds. The number of likely N-dealkylation sites (tertiary alicyclic amines) is 1. The Morgan fingerprint density at radius 2 is 2.20 bits per heavy atom. The van der Waals surface area contributed by atoms with Gasteiger partial charge in [-0.25, -0.2) is 0 Å². The third-order valence-electron chi connectivity index (χ3n) is 3.17. The van der Waals surface area contributed by atoms with Crippen molar-refractivity contribution in [3.05, 3.63) is 0 Å². The van der Waals surface area contributed by atoms with Gasteiger partial charge in [0.1, 0.15) is 0 Å². The molecule has 1 aliphatic heterocycles. The second kappa shape index (κ2) is 5.47. The third kappa shape index (κ3) is 3.80. The molecule has 15 heavy (non-hydrogen) atoms. The van der Waals surface area contributed by atoms with Crippen LogP contribution in [-0.4, -0.2) is 43.0 Å². The summed E-state index contributed by atoms with van der Waals surface area (Å²) in [5, 5.41) is 3.07. The molecular formula is C11H23N3O. The Balaban J connectivity index is 2.37. The van der Waals surface area contributed by atoms with Crippen LogP contribution in [0.15, 0.2) is 0 Å². The van der Waals surface area contributed by atoms with Gasteiger partial charge in [-0.15, -0.1) is 0 Å². The number of piperidine rings is 1. The van der Waals surface area contributed by atoms with Crippen LogP contribution in [0.5, 0.6) is 0 Å². The van der Waals surface area contributed by atoms with Gasteiger partial charge >= 0.3 is 0 Å². The third-order valence-corrected chi connectivity index (χ3v) is 3.17. The fourth-order valence-corrected chi connectivity index (χ4v) is 1.86. The molecule has 4 heteroatoms. The molecule has 1 heterocycles. The normalized spacial score (nSPS) is 27.1. The predicted octanol–water partition coefficient (Wildman–Crippen LogP) is 0.180. The molecule has 1 fully saturated rings. The Hall–Kier alpha value is -0.610. The highest BCUT2D eigenvalue weighted by molar-refractivity contribution is 5.79. The van der Waals surface area contributed by atoms with Gasteiger partial charge in [-0.1, -0.05) is 6.92 Å². The molecule has 0 bridgehead atoms. The van der Waals surface area contributed by atoms with Crippen LogP contribution in [0.2, 0.25) is 0 Å². The lowest BCUT2D eigenvalue weighted by Gasteiger charge is -2.31. The zero-order valence-corrected chi connectivity index (χ0v) is 9.99. The van der Waals surface area contributed by atoms with E-state index in [0.717, 1.165) is 25.9 Å². The lowest BCUT2D eigenvalue weighted by Crippen LogP contribution is -2.49. The van der Waals surface area contributed by atoms with Crippen LogP contribution in [0.4, 0.5) is 0 Å². The van der Waals surface area contributed by atoms with Crippen molar-refractivity contribution in [1.82, 2.24) is 10.2 Å². The summed E-state index contributed by atoms with van der Waals surface area (Å²) in [5.41, 5.74) is 5.70. The maximum absolute atomic E-state index is 11.7. The van der Waals surface area contributed by atoms with Crippen LogP contribution in [0.25, 0.3) is 0 Å². The van der Waals surface area contributed by atoms with Crippen LogP contribution >= 0.6 is 0 Å². The Morgan fingerprint density at radius 3 is 2.73 bits per heavy atom. The van der Waals surface area contributed by atoms with E-state index in [1.54, 1.807) is 0 Å². The van der Waals surface area contributed by atoms with E-state index in [4.69, 9.17) is 5.73 Å². The number of likely N-dealkylation sites (N-methyl/N-ethyl adjacent to an activating group) is 1. The Morgan fingerprint density at radius 1 is 1.53 bits per heavy atom. The molecular weight excluding hydrogens is 190 g/mol. The minimum Gasteiger partial charge on any atom is -0.352 e. The molecule has 0 spiro atoms. The first-order valence-corrected chi connectivity index (χ1v) is 5.75. The van der Waals surface area contributed by atoms with Gasteiger partial charge < -0.3 is 16.0 Å². The summed E-state index contributed by atoms with van der Waals surface area (Å²) < 4.78 is 0. The number of hydrogen-bond acceptors (Lipinski definition) is 3. The summed E-state index contributed by atoms with van der Waals surface area (Å²) >= 11 is 0. The van der Waals surface area contributed by atoms with E-state index in [2.05, 4.69) is 17.3 Å². The number of nitrogens with zero attached hydrogens (tertiary/aromatic N) is 1. The number of carbonyl (C=O) groups is 1. The van der Waals surface area contributed by atoms with Crippen LogP contribution in [0.1, 0.15) is 26.7 Å². The average molecular weight is 213 g/mol. The highest BCUT2D eigenvalue weighted by atomic mass is 16.2. The molecule has 3 atom stereocenters. The summed E-state index contributed by atoms with van der Waals surface area (Å²) in [6, 6.07) is 0.226. The van der Waals surface area contributed by atoms with E-state index in [9.17, 15) is 4.79 Å². The Labute approximate surface area is 92.2 Å². The van der Waals surface area contributed by atoms with Gasteiger partial charge in [-0.2, -0.15) is 0 Å². The monoisotopic (exact) mass is 213 g/mol. The van der Waals surface area contributed by atoms with Crippen LogP contribution in [-0.2, 0) is 4.79 Å². The highest BCUT2D eigenvalue weighted by Crippen LogP contribution is 2.09. The molecule has 0 aliphatic carbocycles. The zero-order valence-electron chi connectivity index (χ0n) is 9.99. The van der Waals surface area contributed by atoms with Gasteiger partial charge in [0.15, 0.2) is 0 Å². The first-order chi connectivity index (χ1) is 7.00. The molecule has 0 aromatic heterocycles. The average Bonchev–Trinajstić information content (AvgIpc) is 2.16. The number of carbonyl (C=O) groups excluding carboxylic acids is 1. The lowest BCUT2D eigenvalue weighted by atomic mass is 10.0. The predicted molar refractivity (Wildman–Crippen MR) is 61.5 cm³/mol. The summed E-state index contributed by atoms with van der Waals surface area (Å²) in [6.45, 7) is 5.84. The first kappa shape index (κ1) is 12.5. The van der Waals surface area contributed by atoms with Crippen molar-refractivity contribution in [1.29, 1.82) is 0 Å². The van der Waals surface area contributed by atoms with Gasteiger partial charge in [0, 0.05) is 24.5 Å². The lowest BCUT2D eigenvalue weighted by molar-refractivity contribution is -0.126. The largest absolute Gasteiger partial charge is 0.352 e. The molecule has 3 unspecified atom stereocenters. The molecule has 4 nitrogen and oxygen atoms in total. The van der Waals surface area contributed by atoms with Gasteiger partial charge in [0.05, 0.1) is 0 Å². The van der Waals surface area contributed by atoms with Crippen molar-refractivity contribution < 1.29 is 4.79 Å². The molecule has 0 saturated carbocycles. The SMILES string of the molecule is CC(N)C(C)C(=O)NC1CCCN(C)C1. The van der Waals surface area contributed by atoms with E-state index in [-0.39, 0.29) is 17.9 Å². The molecule has 3 N–H and O–H groups in total. The molecule has 1 aliphatic rings. The van der Waals surface area contributed by atoms with Gasteiger partial charge in [-0.05, 0) is 33.4 Å². The minimum atomic E-state index is -0.0998. The van der Waals surface area contributed by atoms with Gasteiger partial charge in [0.25, 0.3) is 0 Å². The Kier molecular flexibility index (Phi) is 4.54. The van der Waals surface area contributed by atoms with E-state index in [0.29, 0.717) is 6.04 Å².